The van der Waals surface area contributed by atoms with Crippen LogP contribution in [-0.2, 0) is 4.74 Å². The predicted octanol–water partition coefficient (Wildman–Crippen LogP) is 2.63. The molecule has 0 saturated heterocycles. The molecule has 2 rings (SSSR count). The molecule has 1 aromatic carbocycles. The number of benzene rings is 1. The van der Waals surface area contributed by atoms with E-state index in [1.165, 1.54) is 12.3 Å². The largest absolute Gasteiger partial charge is 0.462 e. The van der Waals surface area contributed by atoms with Crippen molar-refractivity contribution in [1.82, 2.24) is 4.98 Å². The SMILES string of the molecule is CCOC(=O)c1ccnc(Oc2ccc(N)cc2)c1. The molecule has 0 aliphatic rings. The average Bonchev–Trinajstić information content (AvgIpc) is 2.42. The number of hydrogen-bond donors (Lipinski definition) is 1. The summed E-state index contributed by atoms with van der Waals surface area (Å²) in [6.07, 6.45) is 1.50. The fourth-order valence-corrected chi connectivity index (χ4v) is 1.46. The fourth-order valence-electron chi connectivity index (χ4n) is 1.46. The number of nitrogen functional groups attached to an aromatic ring is 1. The van der Waals surface area contributed by atoms with Gasteiger partial charge in [-0.05, 0) is 37.3 Å². The van der Waals surface area contributed by atoms with Crippen molar-refractivity contribution in [3.05, 3.63) is 48.2 Å². The van der Waals surface area contributed by atoms with E-state index in [0.717, 1.165) is 0 Å². The molecule has 2 N–H and O–H groups in total. The Hall–Kier alpha value is -2.56. The summed E-state index contributed by atoms with van der Waals surface area (Å²) in [5.41, 5.74) is 6.64. The lowest BCUT2D eigenvalue weighted by Gasteiger charge is -2.06. The molecule has 0 saturated carbocycles. The van der Waals surface area contributed by atoms with Gasteiger partial charge in [0.25, 0.3) is 0 Å². The maximum atomic E-state index is 11.6. The van der Waals surface area contributed by atoms with Gasteiger partial charge in [0.05, 0.1) is 12.2 Å². The number of pyridine rings is 1. The number of anilines is 1. The molecule has 0 radical (unpaired) electrons. The lowest BCUT2D eigenvalue weighted by Crippen LogP contribution is -2.04. The van der Waals surface area contributed by atoms with Crippen LogP contribution in [0.15, 0.2) is 42.6 Å². The monoisotopic (exact) mass is 258 g/mol. The number of rotatable bonds is 4. The number of esters is 1. The first kappa shape index (κ1) is 12.9. The summed E-state index contributed by atoms with van der Waals surface area (Å²) in [6, 6.07) is 10.0. The number of nitrogens with two attached hydrogens (primary N) is 1. The van der Waals surface area contributed by atoms with Gasteiger partial charge < -0.3 is 15.2 Å². The molecule has 1 heterocycles. The van der Waals surface area contributed by atoms with Crippen LogP contribution in [0.3, 0.4) is 0 Å². The van der Waals surface area contributed by atoms with Crippen LogP contribution in [0.1, 0.15) is 17.3 Å². The molecule has 19 heavy (non-hydrogen) atoms. The molecule has 0 atom stereocenters. The van der Waals surface area contributed by atoms with Crippen LogP contribution in [0.4, 0.5) is 5.69 Å². The fraction of sp³-hybridized carbons (Fsp3) is 0.143. The highest BCUT2D eigenvalue weighted by atomic mass is 16.5. The summed E-state index contributed by atoms with van der Waals surface area (Å²) in [5.74, 6) is 0.532. The lowest BCUT2D eigenvalue weighted by atomic mass is 10.2. The van der Waals surface area contributed by atoms with E-state index in [0.29, 0.717) is 29.5 Å². The third-order valence-electron chi connectivity index (χ3n) is 2.35. The second-order valence-electron chi connectivity index (χ2n) is 3.77. The van der Waals surface area contributed by atoms with Crippen molar-refractivity contribution in [2.45, 2.75) is 6.92 Å². The summed E-state index contributed by atoms with van der Waals surface area (Å²) in [7, 11) is 0. The Morgan fingerprint density at radius 1 is 1.26 bits per heavy atom. The van der Waals surface area contributed by atoms with Crippen molar-refractivity contribution in [2.24, 2.45) is 0 Å². The summed E-state index contributed by atoms with van der Waals surface area (Å²) in [6.45, 7) is 2.08. The lowest BCUT2D eigenvalue weighted by molar-refractivity contribution is 0.0526. The van der Waals surface area contributed by atoms with Gasteiger partial charge in [-0.2, -0.15) is 0 Å². The predicted molar refractivity (Wildman–Crippen MR) is 71.1 cm³/mol. The molecule has 0 unspecified atom stereocenters. The molecule has 0 aliphatic heterocycles. The van der Waals surface area contributed by atoms with Gasteiger partial charge in [0.2, 0.25) is 5.88 Å². The Morgan fingerprint density at radius 3 is 2.68 bits per heavy atom. The van der Waals surface area contributed by atoms with Crippen molar-refractivity contribution in [1.29, 1.82) is 0 Å². The minimum Gasteiger partial charge on any atom is -0.462 e. The molecular weight excluding hydrogens is 244 g/mol. The second kappa shape index (κ2) is 5.86. The maximum Gasteiger partial charge on any atom is 0.338 e. The van der Waals surface area contributed by atoms with Crippen molar-refractivity contribution >= 4 is 11.7 Å². The molecule has 0 bridgehead atoms. The molecule has 5 heteroatoms. The van der Waals surface area contributed by atoms with Crippen molar-refractivity contribution < 1.29 is 14.3 Å². The number of ether oxygens (including phenoxy) is 2. The highest BCUT2D eigenvalue weighted by molar-refractivity contribution is 5.89. The van der Waals surface area contributed by atoms with Crippen LogP contribution < -0.4 is 10.5 Å². The van der Waals surface area contributed by atoms with Crippen LogP contribution in [0.2, 0.25) is 0 Å². The normalized spacial score (nSPS) is 9.95. The van der Waals surface area contributed by atoms with E-state index in [2.05, 4.69) is 4.98 Å². The first-order chi connectivity index (χ1) is 9.19. The van der Waals surface area contributed by atoms with Gasteiger partial charge in [0.15, 0.2) is 0 Å². The summed E-state index contributed by atoms with van der Waals surface area (Å²) in [4.78, 5) is 15.6. The van der Waals surface area contributed by atoms with Gasteiger partial charge in [0.1, 0.15) is 5.75 Å². The molecule has 0 aliphatic carbocycles. The maximum absolute atomic E-state index is 11.6. The van der Waals surface area contributed by atoms with Gasteiger partial charge in [-0.1, -0.05) is 0 Å². The van der Waals surface area contributed by atoms with Crippen LogP contribution in [-0.4, -0.2) is 17.6 Å². The molecule has 1 aromatic heterocycles. The highest BCUT2D eigenvalue weighted by Gasteiger charge is 2.08. The van der Waals surface area contributed by atoms with Gasteiger partial charge >= 0.3 is 5.97 Å². The molecule has 98 valence electrons. The van der Waals surface area contributed by atoms with E-state index in [1.54, 1.807) is 37.3 Å². The van der Waals surface area contributed by atoms with E-state index in [1.807, 2.05) is 0 Å². The Kier molecular flexibility index (Phi) is 3.97. The van der Waals surface area contributed by atoms with Gasteiger partial charge in [-0.3, -0.25) is 0 Å². The number of aromatic nitrogens is 1. The van der Waals surface area contributed by atoms with Gasteiger partial charge in [-0.25, -0.2) is 9.78 Å². The summed E-state index contributed by atoms with van der Waals surface area (Å²) in [5, 5.41) is 0. The quantitative estimate of drug-likeness (QED) is 0.674. The van der Waals surface area contributed by atoms with Crippen LogP contribution in [0.5, 0.6) is 11.6 Å². The van der Waals surface area contributed by atoms with E-state index >= 15 is 0 Å². The molecule has 5 nitrogen and oxygen atoms in total. The van der Waals surface area contributed by atoms with E-state index < -0.39 is 5.97 Å². The minimum atomic E-state index is -0.396. The van der Waals surface area contributed by atoms with Crippen molar-refractivity contribution in [3.63, 3.8) is 0 Å². The molecule has 0 amide bonds. The third-order valence-corrected chi connectivity index (χ3v) is 2.35. The number of nitrogens with zero attached hydrogens (tertiary/aromatic N) is 1. The van der Waals surface area contributed by atoms with E-state index in [-0.39, 0.29) is 0 Å². The van der Waals surface area contributed by atoms with E-state index in [4.69, 9.17) is 15.2 Å². The first-order valence-electron chi connectivity index (χ1n) is 5.85. The number of carbonyl (C=O) groups excluding carboxylic acids is 1. The molecule has 2 aromatic rings. The Morgan fingerprint density at radius 2 is 2.00 bits per heavy atom. The zero-order valence-electron chi connectivity index (χ0n) is 10.5. The standard InChI is InChI=1S/C14H14N2O3/c1-2-18-14(17)10-7-8-16-13(9-10)19-12-5-3-11(15)4-6-12/h3-9H,2,15H2,1H3. The van der Waals surface area contributed by atoms with Crippen LogP contribution >= 0.6 is 0 Å². The highest BCUT2D eigenvalue weighted by Crippen LogP contribution is 2.21. The van der Waals surface area contributed by atoms with Crippen molar-refractivity contribution in [2.75, 3.05) is 12.3 Å². The first-order valence-corrected chi connectivity index (χ1v) is 5.85. The van der Waals surface area contributed by atoms with E-state index in [9.17, 15) is 4.79 Å². The average molecular weight is 258 g/mol. The smallest absolute Gasteiger partial charge is 0.338 e. The Labute approximate surface area is 111 Å². The zero-order chi connectivity index (χ0) is 13.7. The third kappa shape index (κ3) is 3.45. The molecular formula is C14H14N2O3. The summed E-state index contributed by atoms with van der Waals surface area (Å²) < 4.78 is 10.4. The van der Waals surface area contributed by atoms with Crippen molar-refractivity contribution in [3.8, 4) is 11.6 Å². The summed E-state index contributed by atoms with van der Waals surface area (Å²) >= 11 is 0. The molecule has 0 spiro atoms. The molecule has 0 fully saturated rings. The minimum absolute atomic E-state index is 0.329. The van der Waals surface area contributed by atoms with Gasteiger partial charge in [0, 0.05) is 18.0 Å². The van der Waals surface area contributed by atoms with Crippen LogP contribution in [0, 0.1) is 0 Å². The Bertz CT molecular complexity index is 567. The zero-order valence-corrected chi connectivity index (χ0v) is 10.5. The van der Waals surface area contributed by atoms with Gasteiger partial charge in [-0.15, -0.1) is 0 Å². The second-order valence-corrected chi connectivity index (χ2v) is 3.77. The Balaban J connectivity index is 2.15. The topological polar surface area (TPSA) is 74.4 Å². The number of carbonyl (C=O) groups is 1. The van der Waals surface area contributed by atoms with Crippen LogP contribution in [0.25, 0.3) is 0 Å². The number of hydrogen-bond acceptors (Lipinski definition) is 5.